The summed E-state index contributed by atoms with van der Waals surface area (Å²) in [6.45, 7) is 6.81. The Kier molecular flexibility index (Phi) is 8.99. The number of alkyl halides is 1. The fraction of sp³-hybridized carbons (Fsp3) is 0.385. The molecule has 3 saturated heterocycles. The maximum absolute atomic E-state index is 16.8. The van der Waals surface area contributed by atoms with Gasteiger partial charge in [-0.1, -0.05) is 41.9 Å². The zero-order chi connectivity index (χ0) is 36.1. The minimum absolute atomic E-state index is 0.0237. The quantitative estimate of drug-likeness (QED) is 0.156. The summed E-state index contributed by atoms with van der Waals surface area (Å²) in [6.07, 6.45) is 6.12. The van der Waals surface area contributed by atoms with Crippen molar-refractivity contribution in [3.63, 3.8) is 0 Å². The number of amides is 1. The normalized spacial score (nSPS) is 20.6. The first kappa shape index (κ1) is 34.3. The van der Waals surface area contributed by atoms with Crippen LogP contribution in [0.1, 0.15) is 36.5 Å². The van der Waals surface area contributed by atoms with Crippen molar-refractivity contribution < 1.29 is 18.3 Å². The molecule has 3 fully saturated rings. The third-order valence-corrected chi connectivity index (χ3v) is 10.8. The molecule has 6 heterocycles. The van der Waals surface area contributed by atoms with Crippen LogP contribution in [0.2, 0.25) is 5.02 Å². The first-order chi connectivity index (χ1) is 25.1. The Bertz CT molecular complexity index is 2210. The average molecular weight is 725 g/mol. The highest BCUT2D eigenvalue weighted by molar-refractivity contribution is 6.36. The highest BCUT2D eigenvalue weighted by Crippen LogP contribution is 2.41. The Morgan fingerprint density at radius 2 is 1.92 bits per heavy atom. The number of fused-ring (bicyclic) bond motifs is 3. The molecule has 5 aromatic rings. The molecule has 0 unspecified atom stereocenters. The van der Waals surface area contributed by atoms with Gasteiger partial charge < -0.3 is 14.5 Å². The van der Waals surface area contributed by atoms with Crippen LogP contribution in [0.4, 0.5) is 14.6 Å². The second-order valence-corrected chi connectivity index (χ2v) is 14.7. The van der Waals surface area contributed by atoms with Gasteiger partial charge in [0.25, 0.3) is 0 Å². The Labute approximate surface area is 305 Å². The molecule has 3 aliphatic rings. The van der Waals surface area contributed by atoms with E-state index in [2.05, 4.69) is 24.8 Å². The fourth-order valence-corrected chi connectivity index (χ4v) is 8.42. The van der Waals surface area contributed by atoms with E-state index in [1.807, 2.05) is 56.1 Å². The number of aryl methyl sites for hydroxylation is 2. The maximum Gasteiger partial charge on any atom is 0.319 e. The van der Waals surface area contributed by atoms with Gasteiger partial charge in [0.15, 0.2) is 5.82 Å². The van der Waals surface area contributed by atoms with E-state index < -0.39 is 17.5 Å². The molecule has 3 aliphatic heterocycles. The van der Waals surface area contributed by atoms with Crippen molar-refractivity contribution in [2.75, 3.05) is 51.3 Å². The molecule has 1 amide bonds. The molecule has 0 aliphatic carbocycles. The molecule has 8 rings (SSSR count). The molecule has 10 nitrogen and oxygen atoms in total. The van der Waals surface area contributed by atoms with E-state index in [0.717, 1.165) is 30.5 Å². The molecule has 0 N–H and O–H groups in total. The van der Waals surface area contributed by atoms with E-state index >= 15 is 4.39 Å². The number of hydrogen-bond acceptors (Lipinski definition) is 9. The third kappa shape index (κ3) is 6.43. The number of pyridine rings is 1. The second-order valence-electron chi connectivity index (χ2n) is 14.3. The molecule has 2 atom stereocenters. The molecule has 0 radical (unpaired) electrons. The van der Waals surface area contributed by atoms with Gasteiger partial charge >= 0.3 is 6.01 Å². The Balaban J connectivity index is 1.07. The first-order valence-electron chi connectivity index (χ1n) is 17.6. The van der Waals surface area contributed by atoms with Crippen LogP contribution < -0.4 is 9.64 Å². The van der Waals surface area contributed by atoms with Crippen molar-refractivity contribution in [2.24, 2.45) is 5.92 Å². The zero-order valence-corrected chi connectivity index (χ0v) is 30.1. The second kappa shape index (κ2) is 13.6. The molecule has 52 heavy (non-hydrogen) atoms. The smallest absolute Gasteiger partial charge is 0.319 e. The molecular formula is C39H39ClF2N8O2. The average Bonchev–Trinajstić information content (AvgIpc) is 3.63. The van der Waals surface area contributed by atoms with Gasteiger partial charge in [-0.05, 0) is 56.8 Å². The minimum Gasteiger partial charge on any atom is -0.461 e. The summed E-state index contributed by atoms with van der Waals surface area (Å²) in [5.74, 6) is 0.565. The number of likely N-dealkylation sites (tertiary alicyclic amines) is 1. The van der Waals surface area contributed by atoms with Gasteiger partial charge in [0, 0.05) is 79.5 Å². The van der Waals surface area contributed by atoms with Crippen LogP contribution in [-0.2, 0) is 4.79 Å². The van der Waals surface area contributed by atoms with Gasteiger partial charge in [-0.25, -0.2) is 18.7 Å². The van der Waals surface area contributed by atoms with Crippen LogP contribution in [0, 0.1) is 25.6 Å². The molecule has 2 aromatic carbocycles. The number of carbonyl (C=O) groups excluding carboxylic acids is 1. The van der Waals surface area contributed by atoms with Crippen molar-refractivity contribution >= 4 is 51.1 Å². The Hall–Kier alpha value is -4.81. The summed E-state index contributed by atoms with van der Waals surface area (Å²) < 4.78 is 37.6. The standard InChI is InChI=1S/C39H39ClF2N8O2/c1-23-15-28(45-24(2)44-23)11-12-32(51)49-19-25(20-49)18-48(3)37-30-17-43-35(29-9-4-7-26-8-5-10-31(40)33(26)29)34(42)36(30)46-38(47-37)52-22-39-13-6-14-50(39)21-27(41)16-39/h4-5,7-12,15,17,25,27H,6,13-14,16,18-22H2,1-3H3/t27-,39+/m1/s1. The van der Waals surface area contributed by atoms with Crippen molar-refractivity contribution in [3.05, 3.63) is 82.8 Å². The predicted molar refractivity (Wildman–Crippen MR) is 198 cm³/mol. The zero-order valence-electron chi connectivity index (χ0n) is 29.3. The molecule has 0 spiro atoms. The van der Waals surface area contributed by atoms with E-state index in [0.29, 0.717) is 71.3 Å². The topological polar surface area (TPSA) is 100 Å². The first-order valence-corrected chi connectivity index (χ1v) is 18.0. The molecular weight excluding hydrogens is 686 g/mol. The molecule has 268 valence electrons. The lowest BCUT2D eigenvalue weighted by Crippen LogP contribution is -2.53. The largest absolute Gasteiger partial charge is 0.461 e. The van der Waals surface area contributed by atoms with Gasteiger partial charge in [-0.3, -0.25) is 14.7 Å². The summed E-state index contributed by atoms with van der Waals surface area (Å²) in [4.78, 5) is 41.5. The van der Waals surface area contributed by atoms with Gasteiger partial charge in [0.1, 0.15) is 35.6 Å². The van der Waals surface area contributed by atoms with Gasteiger partial charge in [0.05, 0.1) is 16.6 Å². The molecule has 13 heteroatoms. The van der Waals surface area contributed by atoms with Crippen LogP contribution in [0.3, 0.4) is 0 Å². The SMILES string of the molecule is Cc1cc(C=CC(=O)N2CC(CN(C)c3nc(OC[C@@]45CCCN4C[C@H](F)C5)nc4c(F)c(-c5cccc6cccc(Cl)c56)ncc34)C2)nc(C)n1. The van der Waals surface area contributed by atoms with E-state index in [1.54, 1.807) is 29.3 Å². The summed E-state index contributed by atoms with van der Waals surface area (Å²) in [6, 6.07) is 13.0. The van der Waals surface area contributed by atoms with E-state index in [4.69, 9.17) is 21.3 Å². The summed E-state index contributed by atoms with van der Waals surface area (Å²) in [5.41, 5.74) is 1.85. The van der Waals surface area contributed by atoms with Gasteiger partial charge in [-0.2, -0.15) is 9.97 Å². The lowest BCUT2D eigenvalue weighted by Gasteiger charge is -2.40. The minimum atomic E-state index is -0.910. The predicted octanol–water partition coefficient (Wildman–Crippen LogP) is 6.61. The number of rotatable bonds is 9. The van der Waals surface area contributed by atoms with Crippen molar-refractivity contribution in [1.29, 1.82) is 0 Å². The van der Waals surface area contributed by atoms with Crippen molar-refractivity contribution in [3.8, 4) is 17.3 Å². The summed E-state index contributed by atoms with van der Waals surface area (Å²) in [7, 11) is 1.88. The number of aromatic nitrogens is 5. The Morgan fingerprint density at radius 1 is 1.12 bits per heavy atom. The van der Waals surface area contributed by atoms with Gasteiger partial charge in [-0.15, -0.1) is 0 Å². The lowest BCUT2D eigenvalue weighted by molar-refractivity contribution is -0.131. The van der Waals surface area contributed by atoms with Crippen molar-refractivity contribution in [1.82, 2.24) is 34.7 Å². The number of hydrogen-bond donors (Lipinski definition) is 0. The molecule has 0 bridgehead atoms. The van der Waals surface area contributed by atoms with Crippen LogP contribution >= 0.6 is 11.6 Å². The number of nitrogens with zero attached hydrogens (tertiary/aromatic N) is 8. The maximum atomic E-state index is 16.8. The van der Waals surface area contributed by atoms with E-state index in [1.165, 1.54) is 6.08 Å². The number of carbonyl (C=O) groups is 1. The van der Waals surface area contributed by atoms with Crippen LogP contribution in [-0.4, -0.2) is 98.7 Å². The number of halogens is 3. The molecule has 3 aromatic heterocycles. The van der Waals surface area contributed by atoms with Crippen LogP contribution in [0.5, 0.6) is 6.01 Å². The fourth-order valence-electron chi connectivity index (χ4n) is 8.14. The Morgan fingerprint density at radius 3 is 2.73 bits per heavy atom. The van der Waals surface area contributed by atoms with Crippen LogP contribution in [0.25, 0.3) is 39.0 Å². The number of ether oxygens (including phenoxy) is 1. The molecule has 0 saturated carbocycles. The highest BCUT2D eigenvalue weighted by Gasteiger charge is 2.49. The van der Waals surface area contributed by atoms with Gasteiger partial charge in [0.2, 0.25) is 5.91 Å². The number of benzene rings is 2. The summed E-state index contributed by atoms with van der Waals surface area (Å²) in [5, 5.41) is 2.49. The van der Waals surface area contributed by atoms with E-state index in [9.17, 15) is 9.18 Å². The van der Waals surface area contributed by atoms with E-state index in [-0.39, 0.29) is 35.7 Å². The van der Waals surface area contributed by atoms with Crippen molar-refractivity contribution in [2.45, 2.75) is 44.8 Å². The summed E-state index contributed by atoms with van der Waals surface area (Å²) >= 11 is 6.62. The monoisotopic (exact) mass is 724 g/mol. The highest BCUT2D eigenvalue weighted by atomic mass is 35.5. The third-order valence-electron chi connectivity index (χ3n) is 10.5. The van der Waals surface area contributed by atoms with Crippen LogP contribution in [0.15, 0.2) is 54.7 Å². The lowest BCUT2D eigenvalue weighted by atomic mass is 9.95. The number of anilines is 1.